The molecule has 1 aromatic heterocycles. The third-order valence-electron chi connectivity index (χ3n) is 5.34. The van der Waals surface area contributed by atoms with Gasteiger partial charge in [-0.15, -0.1) is 11.3 Å². The first-order valence-corrected chi connectivity index (χ1v) is 10.9. The van der Waals surface area contributed by atoms with Gasteiger partial charge in [-0.3, -0.25) is 4.90 Å². The van der Waals surface area contributed by atoms with Crippen molar-refractivity contribution in [3.8, 4) is 11.1 Å². The Balaban J connectivity index is 2.07. The van der Waals surface area contributed by atoms with Crippen molar-refractivity contribution in [2.75, 3.05) is 4.90 Å². The van der Waals surface area contributed by atoms with E-state index in [9.17, 15) is 4.79 Å². The molecular formula is C24H21ClFN3OS. The van der Waals surface area contributed by atoms with E-state index in [1.165, 1.54) is 28.4 Å². The highest BCUT2D eigenvalue weighted by atomic mass is 35.5. The lowest BCUT2D eigenvalue weighted by molar-refractivity contribution is 0.256. The van der Waals surface area contributed by atoms with Gasteiger partial charge in [0, 0.05) is 32.8 Å². The van der Waals surface area contributed by atoms with Crippen molar-refractivity contribution in [2.45, 2.75) is 20.4 Å². The molecule has 0 aliphatic rings. The number of hydrogen-bond acceptors (Lipinski definition) is 3. The molecule has 2 amide bonds. The minimum atomic E-state index is -0.785. The third-order valence-corrected chi connectivity index (χ3v) is 6.81. The lowest BCUT2D eigenvalue weighted by Gasteiger charge is -2.22. The topological polar surface area (TPSA) is 72.3 Å². The van der Waals surface area contributed by atoms with Gasteiger partial charge < -0.3 is 11.5 Å². The van der Waals surface area contributed by atoms with Gasteiger partial charge >= 0.3 is 6.03 Å². The number of thiophene rings is 1. The molecule has 31 heavy (non-hydrogen) atoms. The summed E-state index contributed by atoms with van der Waals surface area (Å²) in [5.41, 5.74) is 15.8. The molecule has 0 aliphatic heterocycles. The van der Waals surface area contributed by atoms with Gasteiger partial charge in [0.2, 0.25) is 0 Å². The summed E-state index contributed by atoms with van der Waals surface area (Å²) in [5, 5.41) is 1.98. The van der Waals surface area contributed by atoms with Crippen molar-refractivity contribution in [3.05, 3.63) is 82.1 Å². The van der Waals surface area contributed by atoms with Gasteiger partial charge in [-0.25, -0.2) is 9.18 Å². The molecule has 4 aromatic rings. The van der Waals surface area contributed by atoms with Crippen molar-refractivity contribution in [1.29, 1.82) is 0 Å². The van der Waals surface area contributed by atoms with E-state index in [4.69, 9.17) is 23.1 Å². The van der Waals surface area contributed by atoms with E-state index in [-0.39, 0.29) is 12.2 Å². The number of nitrogens with zero attached hydrogens (tertiary/aromatic N) is 1. The van der Waals surface area contributed by atoms with E-state index in [1.807, 2.05) is 32.0 Å². The number of primary amides is 1. The van der Waals surface area contributed by atoms with E-state index in [0.29, 0.717) is 15.6 Å². The first kappa shape index (κ1) is 21.3. The van der Waals surface area contributed by atoms with Crippen LogP contribution < -0.4 is 16.4 Å². The standard InChI is InChI=1S/C24H21ClFN3OS/c1-13-9-17-21(10-14(13)2)31-23(22(17)16-5-3-4-6-18(16)25)29(24(28)30)20-8-7-15(12-27)11-19(20)26/h3-11H,12,27H2,1-2H3,(H2,28,30). The molecule has 0 aliphatic carbocycles. The number of anilines is 2. The fraction of sp³-hybridized carbons (Fsp3) is 0.125. The zero-order valence-corrected chi connectivity index (χ0v) is 18.7. The normalized spacial score (nSPS) is 11.1. The predicted octanol–water partition coefficient (Wildman–Crippen LogP) is 6.65. The van der Waals surface area contributed by atoms with Crippen LogP contribution in [0, 0.1) is 19.7 Å². The molecule has 0 atom stereocenters. The lowest BCUT2D eigenvalue weighted by Crippen LogP contribution is -2.32. The van der Waals surface area contributed by atoms with Gasteiger partial charge in [0.1, 0.15) is 10.8 Å². The largest absolute Gasteiger partial charge is 0.351 e. The Bertz CT molecular complexity index is 1320. The fourth-order valence-electron chi connectivity index (χ4n) is 3.61. The summed E-state index contributed by atoms with van der Waals surface area (Å²) in [7, 11) is 0. The van der Waals surface area contributed by atoms with Crippen molar-refractivity contribution in [1.82, 2.24) is 0 Å². The molecule has 4 nitrogen and oxygen atoms in total. The maximum Gasteiger partial charge on any atom is 0.324 e. The van der Waals surface area contributed by atoms with Gasteiger partial charge in [0.15, 0.2) is 0 Å². The van der Waals surface area contributed by atoms with Gasteiger partial charge in [0.05, 0.1) is 5.69 Å². The zero-order chi connectivity index (χ0) is 22.3. The zero-order valence-electron chi connectivity index (χ0n) is 17.1. The number of benzene rings is 3. The molecule has 0 bridgehead atoms. The Morgan fingerprint density at radius 1 is 1.10 bits per heavy atom. The minimum Gasteiger partial charge on any atom is -0.351 e. The first-order valence-electron chi connectivity index (χ1n) is 9.68. The first-order chi connectivity index (χ1) is 14.8. The number of aryl methyl sites for hydroxylation is 2. The number of hydrogen-bond donors (Lipinski definition) is 2. The summed E-state index contributed by atoms with van der Waals surface area (Å²) in [4.78, 5) is 13.8. The molecule has 0 radical (unpaired) electrons. The molecule has 7 heteroatoms. The van der Waals surface area contributed by atoms with Crippen molar-refractivity contribution in [2.24, 2.45) is 11.5 Å². The Labute approximate surface area is 188 Å². The number of carbonyl (C=O) groups is 1. The second-order valence-corrected chi connectivity index (χ2v) is 8.80. The number of rotatable bonds is 4. The van der Waals surface area contributed by atoms with Crippen molar-refractivity contribution < 1.29 is 9.18 Å². The number of nitrogens with two attached hydrogens (primary N) is 2. The van der Waals surface area contributed by atoms with Gasteiger partial charge in [-0.05, 0) is 60.9 Å². The molecule has 0 saturated heterocycles. The quantitative estimate of drug-likeness (QED) is 0.363. The van der Waals surface area contributed by atoms with Gasteiger partial charge in [0.25, 0.3) is 0 Å². The number of fused-ring (bicyclic) bond motifs is 1. The summed E-state index contributed by atoms with van der Waals surface area (Å²) in [6.45, 7) is 4.25. The van der Waals surface area contributed by atoms with Crippen LogP contribution in [0.5, 0.6) is 0 Å². The van der Waals surface area contributed by atoms with Crippen LogP contribution in [0.2, 0.25) is 5.02 Å². The maximum absolute atomic E-state index is 15.0. The molecule has 158 valence electrons. The van der Waals surface area contributed by atoms with Crippen LogP contribution in [0.1, 0.15) is 16.7 Å². The van der Waals surface area contributed by atoms with E-state index < -0.39 is 11.8 Å². The average molecular weight is 454 g/mol. The monoisotopic (exact) mass is 453 g/mol. The number of carbonyl (C=O) groups excluding carboxylic acids is 1. The van der Waals surface area contributed by atoms with Crippen molar-refractivity contribution in [3.63, 3.8) is 0 Å². The Hall–Kier alpha value is -2.93. The van der Waals surface area contributed by atoms with Crippen LogP contribution in [-0.4, -0.2) is 6.03 Å². The molecule has 0 spiro atoms. The molecule has 3 aromatic carbocycles. The van der Waals surface area contributed by atoms with Crippen LogP contribution in [0.3, 0.4) is 0 Å². The average Bonchev–Trinajstić information content (AvgIpc) is 3.07. The molecule has 1 heterocycles. The van der Waals surface area contributed by atoms with Crippen LogP contribution in [0.15, 0.2) is 54.6 Å². The fourth-order valence-corrected chi connectivity index (χ4v) is 5.16. The van der Waals surface area contributed by atoms with E-state index in [2.05, 4.69) is 12.1 Å². The molecule has 0 fully saturated rings. The smallest absolute Gasteiger partial charge is 0.324 e. The summed E-state index contributed by atoms with van der Waals surface area (Å²) >= 11 is 7.92. The van der Waals surface area contributed by atoms with E-state index in [1.54, 1.807) is 12.1 Å². The van der Waals surface area contributed by atoms with Crippen LogP contribution in [0.4, 0.5) is 19.9 Å². The second-order valence-electron chi connectivity index (χ2n) is 7.36. The van der Waals surface area contributed by atoms with Crippen molar-refractivity contribution >= 4 is 49.7 Å². The highest BCUT2D eigenvalue weighted by molar-refractivity contribution is 7.24. The Morgan fingerprint density at radius 2 is 1.81 bits per heavy atom. The highest BCUT2D eigenvalue weighted by Crippen LogP contribution is 2.49. The predicted molar refractivity (Wildman–Crippen MR) is 128 cm³/mol. The molecule has 0 saturated carbocycles. The summed E-state index contributed by atoms with van der Waals surface area (Å²) in [6, 6.07) is 15.3. The maximum atomic E-state index is 15.0. The number of halogens is 2. The number of urea groups is 1. The molecule has 4 N–H and O–H groups in total. The Kier molecular flexibility index (Phi) is 5.71. The summed E-state index contributed by atoms with van der Waals surface area (Å²) < 4.78 is 16.0. The number of amides is 2. The third kappa shape index (κ3) is 3.78. The second kappa shape index (κ2) is 8.30. The lowest BCUT2D eigenvalue weighted by atomic mass is 10.00. The molecule has 0 unspecified atom stereocenters. The van der Waals surface area contributed by atoms with E-state index >= 15 is 4.39 Å². The van der Waals surface area contributed by atoms with E-state index in [0.717, 1.165) is 32.3 Å². The SMILES string of the molecule is Cc1cc2sc(N(C(N)=O)c3ccc(CN)cc3F)c(-c3ccccc3Cl)c2cc1C. The van der Waals surface area contributed by atoms with Crippen LogP contribution in [-0.2, 0) is 6.54 Å². The van der Waals surface area contributed by atoms with Crippen LogP contribution >= 0.6 is 22.9 Å². The molecular weight excluding hydrogens is 433 g/mol. The molecule has 4 rings (SSSR count). The van der Waals surface area contributed by atoms with Crippen LogP contribution in [0.25, 0.3) is 21.2 Å². The van der Waals surface area contributed by atoms with Gasteiger partial charge in [-0.1, -0.05) is 35.9 Å². The highest BCUT2D eigenvalue weighted by Gasteiger charge is 2.27. The summed E-state index contributed by atoms with van der Waals surface area (Å²) in [6.07, 6.45) is 0. The minimum absolute atomic E-state index is 0.0676. The van der Waals surface area contributed by atoms with Gasteiger partial charge in [-0.2, -0.15) is 0 Å². The summed E-state index contributed by atoms with van der Waals surface area (Å²) in [5.74, 6) is -0.573. The Morgan fingerprint density at radius 3 is 2.45 bits per heavy atom.